The van der Waals surface area contributed by atoms with Crippen LogP contribution in [0.15, 0.2) is 28.7 Å². The van der Waals surface area contributed by atoms with Gasteiger partial charge in [0.05, 0.1) is 26.0 Å². The van der Waals surface area contributed by atoms with E-state index in [1.807, 2.05) is 19.1 Å². The summed E-state index contributed by atoms with van der Waals surface area (Å²) in [4.78, 5) is 16.4. The molecule has 158 valence electrons. The Bertz CT molecular complexity index is 803. The average molecular weight is 402 g/mol. The molecule has 0 bridgehead atoms. The maximum Gasteiger partial charge on any atom is 0.366 e. The first-order valence-corrected chi connectivity index (χ1v) is 10.3. The van der Waals surface area contributed by atoms with E-state index in [0.29, 0.717) is 25.0 Å². The fourth-order valence-corrected chi connectivity index (χ4v) is 3.50. The molecule has 29 heavy (non-hydrogen) atoms. The minimum atomic E-state index is -1.26. The quantitative estimate of drug-likeness (QED) is 0.475. The van der Waals surface area contributed by atoms with E-state index in [0.717, 1.165) is 49.1 Å². The number of esters is 1. The van der Waals surface area contributed by atoms with Gasteiger partial charge in [-0.25, -0.2) is 9.78 Å². The molecule has 0 aliphatic carbocycles. The summed E-state index contributed by atoms with van der Waals surface area (Å²) in [6, 6.07) is 8.23. The molecule has 1 aliphatic heterocycles. The van der Waals surface area contributed by atoms with Crippen molar-refractivity contribution in [1.29, 1.82) is 0 Å². The van der Waals surface area contributed by atoms with Gasteiger partial charge >= 0.3 is 5.97 Å². The van der Waals surface area contributed by atoms with Crippen molar-refractivity contribution >= 4 is 5.97 Å². The summed E-state index contributed by atoms with van der Waals surface area (Å²) < 4.78 is 21.8. The molecule has 1 fully saturated rings. The predicted octanol–water partition coefficient (Wildman–Crippen LogP) is 4.61. The van der Waals surface area contributed by atoms with Gasteiger partial charge < -0.3 is 18.6 Å². The van der Waals surface area contributed by atoms with Crippen LogP contribution in [0.5, 0.6) is 0 Å². The molecule has 6 heteroatoms. The fraction of sp³-hybridized carbons (Fsp3) is 0.565. The fourth-order valence-electron chi connectivity index (χ4n) is 3.50. The number of hydrogen-bond donors (Lipinski definition) is 0. The lowest BCUT2D eigenvalue weighted by molar-refractivity contribution is -0.272. The lowest BCUT2D eigenvalue weighted by atomic mass is 10.0. The molecule has 2 aromatic rings. The number of ether oxygens (including phenoxy) is 3. The summed E-state index contributed by atoms with van der Waals surface area (Å²) in [7, 11) is 1.34. The first-order valence-electron chi connectivity index (χ1n) is 10.3. The number of carbonyl (C=O) groups is 1. The normalized spacial score (nSPS) is 21.9. The van der Waals surface area contributed by atoms with E-state index in [1.54, 1.807) is 6.92 Å². The molecule has 0 N–H and O–H groups in total. The topological polar surface area (TPSA) is 70.8 Å². The lowest BCUT2D eigenvalue weighted by Crippen LogP contribution is -2.48. The molecule has 0 amide bonds. The second-order valence-electron chi connectivity index (χ2n) is 7.91. The van der Waals surface area contributed by atoms with Crippen molar-refractivity contribution in [2.24, 2.45) is 5.92 Å². The third-order valence-corrected chi connectivity index (χ3v) is 5.46. The van der Waals surface area contributed by atoms with Crippen LogP contribution >= 0.6 is 0 Å². The number of nitrogens with zero attached hydrogens (tertiary/aromatic N) is 1. The maximum atomic E-state index is 11.7. The van der Waals surface area contributed by atoms with Crippen molar-refractivity contribution in [3.8, 4) is 11.5 Å². The highest BCUT2D eigenvalue weighted by molar-refractivity contribution is 5.77. The second kappa shape index (κ2) is 9.55. The van der Waals surface area contributed by atoms with E-state index in [1.165, 1.54) is 12.7 Å². The first kappa shape index (κ1) is 21.5. The summed E-state index contributed by atoms with van der Waals surface area (Å²) in [6.07, 6.45) is 5.20. The van der Waals surface area contributed by atoms with Gasteiger partial charge in [0, 0.05) is 18.4 Å². The van der Waals surface area contributed by atoms with Gasteiger partial charge in [0.15, 0.2) is 0 Å². The number of rotatable bonds is 8. The highest BCUT2D eigenvalue weighted by Crippen LogP contribution is 2.26. The third kappa shape index (κ3) is 5.46. The van der Waals surface area contributed by atoms with E-state index in [9.17, 15) is 4.79 Å². The Labute approximate surface area is 172 Å². The zero-order valence-electron chi connectivity index (χ0n) is 17.8. The van der Waals surface area contributed by atoms with Gasteiger partial charge in [0.2, 0.25) is 5.89 Å². The van der Waals surface area contributed by atoms with Crippen molar-refractivity contribution in [3.05, 3.63) is 41.3 Å². The number of hydrogen-bond acceptors (Lipinski definition) is 6. The number of aryl methyl sites for hydroxylation is 3. The van der Waals surface area contributed by atoms with Gasteiger partial charge in [-0.2, -0.15) is 0 Å². The molecular weight excluding hydrogens is 370 g/mol. The first-order chi connectivity index (χ1) is 13.9. The Kier molecular flexibility index (Phi) is 7.09. The molecule has 0 unspecified atom stereocenters. The minimum Gasteiger partial charge on any atom is -0.465 e. The van der Waals surface area contributed by atoms with Gasteiger partial charge in [0.1, 0.15) is 5.76 Å². The van der Waals surface area contributed by atoms with Crippen LogP contribution < -0.4 is 0 Å². The number of aromatic nitrogens is 1. The van der Waals surface area contributed by atoms with Crippen molar-refractivity contribution in [2.45, 2.75) is 58.7 Å². The van der Waals surface area contributed by atoms with Crippen LogP contribution in [0, 0.1) is 19.8 Å². The highest BCUT2D eigenvalue weighted by atomic mass is 16.7. The van der Waals surface area contributed by atoms with Crippen molar-refractivity contribution < 1.29 is 23.4 Å². The van der Waals surface area contributed by atoms with Gasteiger partial charge in [-0.3, -0.25) is 0 Å². The average Bonchev–Trinajstić information content (AvgIpc) is 3.09. The van der Waals surface area contributed by atoms with Gasteiger partial charge in [-0.1, -0.05) is 30.5 Å². The largest absolute Gasteiger partial charge is 0.465 e. The molecule has 0 radical (unpaired) electrons. The Balaban J connectivity index is 1.38. The molecule has 1 aliphatic rings. The summed E-state index contributed by atoms with van der Waals surface area (Å²) >= 11 is 0. The van der Waals surface area contributed by atoms with E-state index < -0.39 is 11.8 Å². The molecule has 0 spiro atoms. The van der Waals surface area contributed by atoms with Crippen molar-refractivity contribution in [1.82, 2.24) is 4.98 Å². The zero-order valence-corrected chi connectivity index (χ0v) is 17.8. The standard InChI is InChI=1S/C23H31NO5/c1-16-10-12-19(13-11-16)21-24-20(17(2)29-21)9-7-5-6-8-18-14-27-23(3,28-15-18)22(25)26-4/h10-13,18H,5-9,14-15H2,1-4H3/t18-,23+. The van der Waals surface area contributed by atoms with Crippen LogP contribution in [0.25, 0.3) is 11.5 Å². The van der Waals surface area contributed by atoms with Crippen LogP contribution in [0.2, 0.25) is 0 Å². The number of methoxy groups -OCH3 is 1. The van der Waals surface area contributed by atoms with Crippen LogP contribution in [-0.4, -0.2) is 37.1 Å². The molecule has 0 saturated carbocycles. The van der Waals surface area contributed by atoms with Crippen LogP contribution in [0.3, 0.4) is 0 Å². The Morgan fingerprint density at radius 1 is 1.14 bits per heavy atom. The van der Waals surface area contributed by atoms with Crippen molar-refractivity contribution in [2.75, 3.05) is 20.3 Å². The summed E-state index contributed by atoms with van der Waals surface area (Å²) in [5.41, 5.74) is 3.28. The number of oxazole rings is 1. The van der Waals surface area contributed by atoms with Crippen LogP contribution in [0.1, 0.15) is 49.6 Å². The SMILES string of the molecule is COC(=O)[C@]1(C)OC[C@H](CCCCCc2nc(-c3ccc(C)cc3)oc2C)CO1. The molecule has 6 nitrogen and oxygen atoms in total. The Hall–Kier alpha value is -2.18. The number of unbranched alkanes of at least 4 members (excludes halogenated alkanes) is 2. The molecule has 3 rings (SSSR count). The van der Waals surface area contributed by atoms with E-state index in [4.69, 9.17) is 18.6 Å². The van der Waals surface area contributed by atoms with Crippen molar-refractivity contribution in [3.63, 3.8) is 0 Å². The molecule has 1 saturated heterocycles. The monoisotopic (exact) mass is 401 g/mol. The summed E-state index contributed by atoms with van der Waals surface area (Å²) in [5, 5.41) is 0. The Morgan fingerprint density at radius 3 is 2.48 bits per heavy atom. The number of carbonyl (C=O) groups excluding carboxylic acids is 1. The smallest absolute Gasteiger partial charge is 0.366 e. The Morgan fingerprint density at radius 2 is 1.83 bits per heavy atom. The number of benzene rings is 1. The molecule has 1 aromatic carbocycles. The van der Waals surface area contributed by atoms with Gasteiger partial charge in [0.25, 0.3) is 5.79 Å². The zero-order chi connectivity index (χ0) is 20.9. The van der Waals surface area contributed by atoms with Gasteiger partial charge in [-0.05, 0) is 45.2 Å². The molecule has 2 heterocycles. The predicted molar refractivity (Wildman–Crippen MR) is 109 cm³/mol. The van der Waals surface area contributed by atoms with E-state index in [-0.39, 0.29) is 0 Å². The van der Waals surface area contributed by atoms with Crippen LogP contribution in [-0.2, 0) is 25.4 Å². The lowest BCUT2D eigenvalue weighted by Gasteiger charge is -2.35. The highest BCUT2D eigenvalue weighted by Gasteiger charge is 2.41. The summed E-state index contributed by atoms with van der Waals surface area (Å²) in [5.74, 6) is 0.170. The van der Waals surface area contributed by atoms with Crippen LogP contribution in [0.4, 0.5) is 0 Å². The summed E-state index contributed by atoms with van der Waals surface area (Å²) in [6.45, 7) is 6.70. The second-order valence-corrected chi connectivity index (χ2v) is 7.91. The van der Waals surface area contributed by atoms with Gasteiger partial charge in [-0.15, -0.1) is 0 Å². The minimum absolute atomic E-state index is 0.314. The molecular formula is C23H31NO5. The molecule has 0 atom stereocenters. The third-order valence-electron chi connectivity index (χ3n) is 5.46. The van der Waals surface area contributed by atoms with E-state index >= 15 is 0 Å². The maximum absolute atomic E-state index is 11.7. The molecule has 1 aromatic heterocycles. The van der Waals surface area contributed by atoms with E-state index in [2.05, 4.69) is 24.0 Å².